The maximum Gasteiger partial charge on any atom is 0.253 e. The molecule has 0 bridgehead atoms. The Balaban J connectivity index is 1.47. The number of anilines is 1. The number of carbonyl (C=O) groups is 2. The minimum atomic E-state index is -0.105. The highest BCUT2D eigenvalue weighted by Crippen LogP contribution is 2.22. The van der Waals surface area contributed by atoms with Crippen LogP contribution in [0.4, 0.5) is 5.69 Å². The van der Waals surface area contributed by atoms with Crippen LogP contribution in [0.2, 0.25) is 5.02 Å². The summed E-state index contributed by atoms with van der Waals surface area (Å²) in [6.45, 7) is 0. The number of hydrogen-bond donors (Lipinski definition) is 2. The van der Waals surface area contributed by atoms with Crippen LogP contribution in [0.5, 0.6) is 0 Å². The van der Waals surface area contributed by atoms with Crippen LogP contribution in [-0.2, 0) is 4.79 Å². The van der Waals surface area contributed by atoms with E-state index in [0.717, 1.165) is 47.8 Å². The van der Waals surface area contributed by atoms with Crippen LogP contribution in [-0.4, -0.2) is 23.6 Å². The fourth-order valence-corrected chi connectivity index (χ4v) is 4.45. The van der Waals surface area contributed by atoms with Crippen molar-refractivity contribution < 1.29 is 9.59 Å². The molecule has 1 aliphatic rings. The van der Waals surface area contributed by atoms with Gasteiger partial charge in [0.2, 0.25) is 5.91 Å². The third-order valence-electron chi connectivity index (χ3n) is 5.02. The number of thioether (sulfide) groups is 1. The average molecular weight is 431 g/mol. The van der Waals surface area contributed by atoms with Crippen molar-refractivity contribution in [3.63, 3.8) is 0 Å². The van der Waals surface area contributed by atoms with Gasteiger partial charge in [0.15, 0.2) is 0 Å². The first-order valence-corrected chi connectivity index (χ1v) is 11.6. The van der Waals surface area contributed by atoms with E-state index < -0.39 is 0 Å². The summed E-state index contributed by atoms with van der Waals surface area (Å²) >= 11 is 7.59. The molecule has 2 aromatic carbocycles. The van der Waals surface area contributed by atoms with Crippen LogP contribution in [0, 0.1) is 0 Å². The maximum absolute atomic E-state index is 12.7. The molecular weight excluding hydrogens is 404 g/mol. The van der Waals surface area contributed by atoms with E-state index in [-0.39, 0.29) is 17.9 Å². The highest BCUT2D eigenvalue weighted by atomic mass is 35.5. The van der Waals surface area contributed by atoms with Crippen LogP contribution < -0.4 is 10.6 Å². The second-order valence-corrected chi connectivity index (χ2v) is 8.91. The topological polar surface area (TPSA) is 58.2 Å². The average Bonchev–Trinajstić information content (AvgIpc) is 2.73. The lowest BCUT2D eigenvalue weighted by atomic mass is 9.95. The molecule has 0 saturated heterocycles. The molecule has 3 rings (SSSR count). The summed E-state index contributed by atoms with van der Waals surface area (Å²) in [5, 5.41) is 6.75. The lowest BCUT2D eigenvalue weighted by Gasteiger charge is -2.23. The molecule has 1 aliphatic carbocycles. The molecule has 0 radical (unpaired) electrons. The lowest BCUT2D eigenvalue weighted by molar-refractivity contribution is -0.116. The van der Waals surface area contributed by atoms with E-state index in [2.05, 4.69) is 10.6 Å². The molecule has 154 valence electrons. The number of para-hydroxylation sites is 1. The summed E-state index contributed by atoms with van der Waals surface area (Å²) in [6, 6.07) is 15.2. The monoisotopic (exact) mass is 430 g/mol. The largest absolute Gasteiger partial charge is 0.349 e. The van der Waals surface area contributed by atoms with E-state index in [9.17, 15) is 9.59 Å². The molecule has 0 aliphatic heterocycles. The van der Waals surface area contributed by atoms with Crippen molar-refractivity contribution >= 4 is 40.9 Å². The van der Waals surface area contributed by atoms with Crippen LogP contribution in [0.25, 0.3) is 0 Å². The Morgan fingerprint density at radius 1 is 1.00 bits per heavy atom. The van der Waals surface area contributed by atoms with E-state index in [1.165, 1.54) is 6.42 Å². The zero-order chi connectivity index (χ0) is 20.5. The van der Waals surface area contributed by atoms with Crippen molar-refractivity contribution in [2.75, 3.05) is 11.1 Å². The van der Waals surface area contributed by atoms with Gasteiger partial charge in [-0.25, -0.2) is 0 Å². The quantitative estimate of drug-likeness (QED) is 0.404. The van der Waals surface area contributed by atoms with Gasteiger partial charge in [-0.3, -0.25) is 9.59 Å². The van der Waals surface area contributed by atoms with Crippen molar-refractivity contribution in [2.24, 2.45) is 0 Å². The van der Waals surface area contributed by atoms with Crippen molar-refractivity contribution in [3.05, 3.63) is 59.1 Å². The van der Waals surface area contributed by atoms with Gasteiger partial charge in [-0.1, -0.05) is 43.0 Å². The van der Waals surface area contributed by atoms with Crippen LogP contribution in [0.15, 0.2) is 53.4 Å². The SMILES string of the molecule is O=C(CCCSc1ccc(Cl)cc1)Nc1ccccc1C(=O)NC1CCCCC1. The van der Waals surface area contributed by atoms with Crippen molar-refractivity contribution in [1.29, 1.82) is 0 Å². The smallest absolute Gasteiger partial charge is 0.253 e. The molecule has 0 atom stereocenters. The van der Waals surface area contributed by atoms with Gasteiger partial charge in [-0.05, 0) is 61.4 Å². The molecule has 6 heteroatoms. The van der Waals surface area contributed by atoms with Crippen LogP contribution >= 0.6 is 23.4 Å². The van der Waals surface area contributed by atoms with Crippen molar-refractivity contribution in [1.82, 2.24) is 5.32 Å². The first-order valence-electron chi connectivity index (χ1n) is 10.2. The minimum Gasteiger partial charge on any atom is -0.349 e. The molecule has 0 spiro atoms. The molecule has 2 amide bonds. The van der Waals surface area contributed by atoms with Gasteiger partial charge in [-0.15, -0.1) is 11.8 Å². The molecule has 0 heterocycles. The van der Waals surface area contributed by atoms with Crippen molar-refractivity contribution in [3.8, 4) is 0 Å². The summed E-state index contributed by atoms with van der Waals surface area (Å²) in [6.07, 6.45) is 6.82. The first kappa shape index (κ1) is 21.7. The Labute approximate surface area is 181 Å². The number of benzene rings is 2. The van der Waals surface area contributed by atoms with E-state index >= 15 is 0 Å². The van der Waals surface area contributed by atoms with E-state index in [1.54, 1.807) is 23.9 Å². The molecule has 0 unspecified atom stereocenters. The number of amides is 2. The second-order valence-electron chi connectivity index (χ2n) is 7.31. The van der Waals surface area contributed by atoms with Gasteiger partial charge in [0.1, 0.15) is 0 Å². The third-order valence-corrected chi connectivity index (χ3v) is 6.37. The standard InChI is InChI=1S/C23H27ClN2O2S/c24-17-12-14-19(15-13-17)29-16-6-11-22(27)26-21-10-5-4-9-20(21)23(28)25-18-7-2-1-3-8-18/h4-5,9-10,12-15,18H,1-3,6-8,11,16H2,(H,25,28)(H,26,27). The van der Waals surface area contributed by atoms with Crippen LogP contribution in [0.3, 0.4) is 0 Å². The third kappa shape index (κ3) is 7.09. The molecule has 2 N–H and O–H groups in total. The summed E-state index contributed by atoms with van der Waals surface area (Å²) in [5.74, 6) is 0.671. The zero-order valence-corrected chi connectivity index (χ0v) is 18.0. The predicted molar refractivity (Wildman–Crippen MR) is 121 cm³/mol. The molecule has 0 aromatic heterocycles. The van der Waals surface area contributed by atoms with Gasteiger partial charge in [0.25, 0.3) is 5.91 Å². The van der Waals surface area contributed by atoms with Gasteiger partial charge in [0, 0.05) is 22.4 Å². The fourth-order valence-electron chi connectivity index (χ4n) is 3.47. The zero-order valence-electron chi connectivity index (χ0n) is 16.5. The Morgan fingerprint density at radius 3 is 2.48 bits per heavy atom. The predicted octanol–water partition coefficient (Wildman–Crippen LogP) is 5.91. The molecule has 1 fully saturated rings. The van der Waals surface area contributed by atoms with E-state index in [0.29, 0.717) is 17.7 Å². The maximum atomic E-state index is 12.7. The highest BCUT2D eigenvalue weighted by Gasteiger charge is 2.19. The Kier molecular flexibility index (Phi) is 8.44. The number of nitrogens with one attached hydrogen (secondary N) is 2. The van der Waals surface area contributed by atoms with E-state index in [4.69, 9.17) is 11.6 Å². The molecule has 1 saturated carbocycles. The molecule has 2 aromatic rings. The highest BCUT2D eigenvalue weighted by molar-refractivity contribution is 7.99. The first-order chi connectivity index (χ1) is 14.1. The number of carbonyl (C=O) groups excluding carboxylic acids is 2. The van der Waals surface area contributed by atoms with Gasteiger partial charge >= 0.3 is 0 Å². The fraction of sp³-hybridized carbons (Fsp3) is 0.391. The van der Waals surface area contributed by atoms with Crippen LogP contribution in [0.1, 0.15) is 55.3 Å². The van der Waals surface area contributed by atoms with Gasteiger partial charge in [-0.2, -0.15) is 0 Å². The normalized spacial score (nSPS) is 14.4. The Morgan fingerprint density at radius 2 is 1.72 bits per heavy atom. The summed E-state index contributed by atoms with van der Waals surface area (Å²) in [5.41, 5.74) is 1.11. The number of hydrogen-bond acceptors (Lipinski definition) is 3. The molecule has 29 heavy (non-hydrogen) atoms. The lowest BCUT2D eigenvalue weighted by Crippen LogP contribution is -2.36. The Hall–Kier alpha value is -1.98. The summed E-state index contributed by atoms with van der Waals surface area (Å²) in [4.78, 5) is 26.2. The van der Waals surface area contributed by atoms with Crippen molar-refractivity contribution in [2.45, 2.75) is 55.9 Å². The molecule has 4 nitrogen and oxygen atoms in total. The van der Waals surface area contributed by atoms with Gasteiger partial charge in [0.05, 0.1) is 11.3 Å². The second kappa shape index (κ2) is 11.3. The minimum absolute atomic E-state index is 0.0698. The number of rotatable bonds is 8. The Bertz CT molecular complexity index is 820. The molecular formula is C23H27ClN2O2S. The van der Waals surface area contributed by atoms with Gasteiger partial charge < -0.3 is 10.6 Å². The summed E-state index contributed by atoms with van der Waals surface area (Å²) < 4.78 is 0. The van der Waals surface area contributed by atoms with E-state index in [1.807, 2.05) is 36.4 Å². The number of halogens is 1. The summed E-state index contributed by atoms with van der Waals surface area (Å²) in [7, 11) is 0.